The quantitative estimate of drug-likeness (QED) is 0.505. The number of halogens is 1. The van der Waals surface area contributed by atoms with E-state index in [0.717, 1.165) is 51.8 Å². The van der Waals surface area contributed by atoms with Gasteiger partial charge in [-0.2, -0.15) is 0 Å². The first-order valence-corrected chi connectivity index (χ1v) is 11.1. The van der Waals surface area contributed by atoms with Crippen molar-refractivity contribution in [1.29, 1.82) is 0 Å². The third-order valence-electron chi connectivity index (χ3n) is 5.92. The molecule has 31 heavy (non-hydrogen) atoms. The molecular formula is C22H20FN7S. The Morgan fingerprint density at radius 2 is 2.16 bits per heavy atom. The number of hydrogen-bond donors (Lipinski definition) is 2. The van der Waals surface area contributed by atoms with Crippen molar-refractivity contribution in [2.24, 2.45) is 0 Å². The molecule has 2 saturated heterocycles. The molecule has 2 atom stereocenters. The van der Waals surface area contributed by atoms with Crippen LogP contribution in [0.5, 0.6) is 0 Å². The van der Waals surface area contributed by atoms with E-state index in [9.17, 15) is 4.39 Å². The van der Waals surface area contributed by atoms with Crippen LogP contribution in [0, 0.1) is 12.7 Å². The highest BCUT2D eigenvalue weighted by atomic mass is 32.1. The Hall–Kier alpha value is -3.17. The van der Waals surface area contributed by atoms with Gasteiger partial charge in [0, 0.05) is 43.6 Å². The van der Waals surface area contributed by atoms with Gasteiger partial charge < -0.3 is 15.5 Å². The predicted molar refractivity (Wildman–Crippen MR) is 120 cm³/mol. The molecule has 2 N–H and O–H groups in total. The fraction of sp³-hybridized carbons (Fsp3) is 0.273. The molecule has 2 bridgehead atoms. The van der Waals surface area contributed by atoms with E-state index < -0.39 is 5.82 Å². The topological polar surface area (TPSA) is 78.9 Å². The van der Waals surface area contributed by atoms with Crippen LogP contribution in [0.2, 0.25) is 0 Å². The van der Waals surface area contributed by atoms with E-state index in [1.807, 2.05) is 25.1 Å². The first kappa shape index (κ1) is 18.6. The highest BCUT2D eigenvalue weighted by Gasteiger charge is 2.38. The Labute approximate surface area is 182 Å². The van der Waals surface area contributed by atoms with Gasteiger partial charge in [-0.25, -0.2) is 19.3 Å². The first-order valence-electron chi connectivity index (χ1n) is 10.3. The maximum absolute atomic E-state index is 14.5. The second kappa shape index (κ2) is 7.21. The average Bonchev–Trinajstić information content (AvgIpc) is 3.51. The summed E-state index contributed by atoms with van der Waals surface area (Å²) < 4.78 is 15.5. The minimum absolute atomic E-state index is 0.177. The summed E-state index contributed by atoms with van der Waals surface area (Å²) in [6.45, 7) is 3.87. The summed E-state index contributed by atoms with van der Waals surface area (Å²) in [4.78, 5) is 20.4. The van der Waals surface area contributed by atoms with Crippen molar-refractivity contribution >= 4 is 39.0 Å². The number of nitrogens with one attached hydrogen (secondary N) is 2. The molecule has 0 radical (unpaired) electrons. The van der Waals surface area contributed by atoms with Crippen LogP contribution in [0.1, 0.15) is 12.0 Å². The van der Waals surface area contributed by atoms with Crippen LogP contribution in [0.25, 0.3) is 20.9 Å². The number of piperazine rings is 1. The summed E-state index contributed by atoms with van der Waals surface area (Å²) in [6.07, 6.45) is 4.63. The van der Waals surface area contributed by atoms with Crippen LogP contribution in [0.15, 0.2) is 42.7 Å². The Morgan fingerprint density at radius 3 is 2.97 bits per heavy atom. The highest BCUT2D eigenvalue weighted by Crippen LogP contribution is 2.33. The van der Waals surface area contributed by atoms with E-state index in [2.05, 4.69) is 30.5 Å². The van der Waals surface area contributed by atoms with Gasteiger partial charge in [0.1, 0.15) is 22.3 Å². The molecule has 4 aromatic heterocycles. The molecule has 0 aromatic carbocycles. The van der Waals surface area contributed by atoms with Crippen molar-refractivity contribution in [2.75, 3.05) is 23.3 Å². The van der Waals surface area contributed by atoms with Crippen LogP contribution in [0.3, 0.4) is 0 Å². The zero-order valence-corrected chi connectivity index (χ0v) is 17.7. The third kappa shape index (κ3) is 3.30. The van der Waals surface area contributed by atoms with Gasteiger partial charge in [-0.15, -0.1) is 11.3 Å². The van der Waals surface area contributed by atoms with Crippen molar-refractivity contribution in [2.45, 2.75) is 25.4 Å². The molecule has 0 aliphatic carbocycles. The molecule has 0 saturated carbocycles. The maximum atomic E-state index is 14.5. The van der Waals surface area contributed by atoms with Crippen LogP contribution in [-0.4, -0.2) is 45.1 Å². The van der Waals surface area contributed by atoms with Crippen LogP contribution < -0.4 is 15.5 Å². The molecule has 156 valence electrons. The summed E-state index contributed by atoms with van der Waals surface area (Å²) in [7, 11) is 0. The van der Waals surface area contributed by atoms with Gasteiger partial charge in [-0.3, -0.25) is 4.98 Å². The Bertz CT molecular complexity index is 1290. The molecule has 0 unspecified atom stereocenters. The van der Waals surface area contributed by atoms with Gasteiger partial charge in [0.05, 0.1) is 10.2 Å². The van der Waals surface area contributed by atoms with Gasteiger partial charge in [-0.1, -0.05) is 6.07 Å². The smallest absolute Gasteiger partial charge is 0.170 e. The van der Waals surface area contributed by atoms with Crippen molar-refractivity contribution in [3.8, 4) is 10.7 Å². The molecule has 9 heteroatoms. The van der Waals surface area contributed by atoms with Gasteiger partial charge in [0.2, 0.25) is 0 Å². The number of aryl methyl sites for hydroxylation is 1. The summed E-state index contributed by atoms with van der Waals surface area (Å²) in [5.74, 6) is 1.07. The number of thiazole rings is 1. The average molecular weight is 434 g/mol. The predicted octanol–water partition coefficient (Wildman–Crippen LogP) is 3.89. The lowest BCUT2D eigenvalue weighted by Gasteiger charge is -2.28. The molecule has 2 aliphatic rings. The number of anilines is 3. The molecule has 7 nitrogen and oxygen atoms in total. The van der Waals surface area contributed by atoms with Gasteiger partial charge in [-0.05, 0) is 37.1 Å². The van der Waals surface area contributed by atoms with Crippen molar-refractivity contribution in [3.05, 3.63) is 54.1 Å². The standard InChI is InChI=1S/C22H20FN7S/c1-12-3-2-6-24-20(12)22-27-16-8-18(26-10-17(16)31-22)28-21-15(23)4-5-19(29-21)30-11-13-7-14(30)9-25-13/h2-6,8,10,13-14,25H,7,9,11H2,1H3,(H,26,28,29)/t13-,14-/m0/s1. The van der Waals surface area contributed by atoms with E-state index >= 15 is 0 Å². The zero-order chi connectivity index (χ0) is 20.9. The van der Waals surface area contributed by atoms with Crippen molar-refractivity contribution in [3.63, 3.8) is 0 Å². The normalized spacial score (nSPS) is 20.0. The van der Waals surface area contributed by atoms with Crippen LogP contribution in [-0.2, 0) is 0 Å². The van der Waals surface area contributed by atoms with E-state index in [1.54, 1.807) is 29.8 Å². The molecule has 4 aromatic rings. The Kier molecular flexibility index (Phi) is 4.32. The number of aromatic nitrogens is 4. The third-order valence-corrected chi connectivity index (χ3v) is 6.93. The van der Waals surface area contributed by atoms with Crippen LogP contribution in [0.4, 0.5) is 21.8 Å². The molecule has 6 heterocycles. The van der Waals surface area contributed by atoms with E-state index in [4.69, 9.17) is 4.98 Å². The van der Waals surface area contributed by atoms with E-state index in [-0.39, 0.29) is 5.82 Å². The fourth-order valence-corrected chi connectivity index (χ4v) is 5.33. The van der Waals surface area contributed by atoms with Crippen molar-refractivity contribution < 1.29 is 4.39 Å². The maximum Gasteiger partial charge on any atom is 0.170 e. The highest BCUT2D eigenvalue weighted by molar-refractivity contribution is 7.21. The summed E-state index contributed by atoms with van der Waals surface area (Å²) in [5.41, 5.74) is 2.73. The fourth-order valence-electron chi connectivity index (χ4n) is 4.36. The lowest BCUT2D eigenvalue weighted by atomic mass is 10.2. The molecule has 2 aliphatic heterocycles. The number of nitrogens with zero attached hydrogens (tertiary/aromatic N) is 5. The van der Waals surface area contributed by atoms with Gasteiger partial charge in [0.25, 0.3) is 0 Å². The van der Waals surface area contributed by atoms with Crippen LogP contribution >= 0.6 is 11.3 Å². The van der Waals surface area contributed by atoms with Gasteiger partial charge >= 0.3 is 0 Å². The zero-order valence-electron chi connectivity index (χ0n) is 16.8. The molecular weight excluding hydrogens is 413 g/mol. The van der Waals surface area contributed by atoms with E-state index in [0.29, 0.717) is 17.9 Å². The number of pyridine rings is 3. The molecule has 0 amide bonds. The minimum atomic E-state index is -0.406. The summed E-state index contributed by atoms with van der Waals surface area (Å²) in [5, 5.41) is 7.36. The lowest BCUT2D eigenvalue weighted by molar-refractivity contribution is 0.574. The number of hydrogen-bond acceptors (Lipinski definition) is 8. The Morgan fingerprint density at radius 1 is 1.23 bits per heavy atom. The largest absolute Gasteiger partial charge is 0.351 e. The second-order valence-electron chi connectivity index (χ2n) is 8.00. The summed E-state index contributed by atoms with van der Waals surface area (Å²) in [6, 6.07) is 9.89. The molecule has 2 fully saturated rings. The van der Waals surface area contributed by atoms with Crippen molar-refractivity contribution in [1.82, 2.24) is 25.3 Å². The summed E-state index contributed by atoms with van der Waals surface area (Å²) >= 11 is 1.54. The molecule has 0 spiro atoms. The number of rotatable bonds is 4. The SMILES string of the molecule is Cc1cccnc1-c1nc2cc(Nc3nc(N4C[C@@H]5C[C@H]4CN5)ccc3F)ncc2s1. The minimum Gasteiger partial charge on any atom is -0.351 e. The van der Waals surface area contributed by atoms with E-state index in [1.165, 1.54) is 6.07 Å². The second-order valence-corrected chi connectivity index (χ2v) is 9.03. The van der Waals surface area contributed by atoms with Gasteiger partial charge in [0.15, 0.2) is 11.6 Å². The monoisotopic (exact) mass is 433 g/mol. The molecule has 6 rings (SSSR count). The number of fused-ring (bicyclic) bond motifs is 3. The first-order chi connectivity index (χ1) is 15.1. The lowest BCUT2D eigenvalue weighted by Crippen LogP contribution is -2.44. The Balaban J connectivity index is 1.30.